The summed E-state index contributed by atoms with van der Waals surface area (Å²) >= 11 is 0. The minimum atomic E-state index is -3.77. The van der Waals surface area contributed by atoms with Crippen molar-refractivity contribution >= 4 is 20.8 Å². The van der Waals surface area contributed by atoms with Gasteiger partial charge in [-0.05, 0) is 24.1 Å². The molecule has 1 aromatic heterocycles. The molecule has 1 aliphatic rings. The van der Waals surface area contributed by atoms with Crippen LogP contribution in [0.15, 0.2) is 40.2 Å². The fourth-order valence-corrected chi connectivity index (χ4v) is 4.78. The molecule has 3 N–H and O–H groups in total. The zero-order valence-electron chi connectivity index (χ0n) is 12.5. The van der Waals surface area contributed by atoms with Gasteiger partial charge >= 0.3 is 10.0 Å². The van der Waals surface area contributed by atoms with Crippen molar-refractivity contribution in [2.24, 2.45) is 11.8 Å². The molecule has 0 saturated carbocycles. The van der Waals surface area contributed by atoms with Crippen molar-refractivity contribution in [3.8, 4) is 0 Å². The molecule has 3 rings (SSSR count). The standard InChI is InChI=1S/C15H19N3O3S/c1-11-6-9-18(16,10-7-11)22(20,21)14-4-2-3-13-12(14)5-8-17-15(13)19/h2-5,8,11H,6-7,9-10,16H2,1H3/p+1. The van der Waals surface area contributed by atoms with Gasteiger partial charge in [0.15, 0.2) is 0 Å². The van der Waals surface area contributed by atoms with Gasteiger partial charge < -0.3 is 4.98 Å². The van der Waals surface area contributed by atoms with Crippen molar-refractivity contribution < 1.29 is 12.4 Å². The van der Waals surface area contributed by atoms with E-state index in [1.54, 1.807) is 18.2 Å². The molecule has 2 heterocycles. The van der Waals surface area contributed by atoms with Crippen LogP contribution in [-0.4, -0.2) is 30.5 Å². The van der Waals surface area contributed by atoms with Crippen LogP contribution in [0, 0.1) is 5.92 Å². The zero-order valence-corrected chi connectivity index (χ0v) is 13.3. The molecule has 0 unspecified atom stereocenters. The summed E-state index contributed by atoms with van der Waals surface area (Å²) < 4.78 is 25.7. The van der Waals surface area contributed by atoms with E-state index in [2.05, 4.69) is 11.9 Å². The lowest BCUT2D eigenvalue weighted by molar-refractivity contribution is -0.825. The Morgan fingerprint density at radius 2 is 1.86 bits per heavy atom. The van der Waals surface area contributed by atoms with Gasteiger partial charge in [0.25, 0.3) is 5.56 Å². The summed E-state index contributed by atoms with van der Waals surface area (Å²) in [5.41, 5.74) is -0.301. The third-order valence-electron chi connectivity index (χ3n) is 4.53. The Bertz CT molecular complexity index is 865. The largest absolute Gasteiger partial charge is 0.345 e. The Balaban J connectivity index is 2.18. The summed E-state index contributed by atoms with van der Waals surface area (Å²) in [6.07, 6.45) is 3.02. The first-order valence-electron chi connectivity index (χ1n) is 7.36. The van der Waals surface area contributed by atoms with E-state index in [0.717, 1.165) is 12.8 Å². The van der Waals surface area contributed by atoms with Gasteiger partial charge in [0.1, 0.15) is 18.0 Å². The van der Waals surface area contributed by atoms with Crippen LogP contribution in [0.3, 0.4) is 0 Å². The van der Waals surface area contributed by atoms with E-state index < -0.39 is 14.0 Å². The second-order valence-corrected chi connectivity index (χ2v) is 8.20. The van der Waals surface area contributed by atoms with Crippen LogP contribution < -0.4 is 11.4 Å². The SMILES string of the molecule is CC1CC[N+](N)(S(=O)(=O)c2cccc3c(=O)[nH]ccc23)CC1. The lowest BCUT2D eigenvalue weighted by Gasteiger charge is -2.36. The smallest absolute Gasteiger partial charge is 0.329 e. The zero-order chi connectivity index (χ0) is 16.0. The van der Waals surface area contributed by atoms with E-state index in [1.165, 1.54) is 12.3 Å². The normalized spacial score (nSPS) is 26.2. The fourth-order valence-electron chi connectivity index (χ4n) is 2.99. The highest BCUT2D eigenvalue weighted by atomic mass is 32.2. The highest BCUT2D eigenvalue weighted by molar-refractivity contribution is 7.86. The van der Waals surface area contributed by atoms with E-state index in [0.29, 0.717) is 29.8 Å². The van der Waals surface area contributed by atoms with Gasteiger partial charge in [0.2, 0.25) is 0 Å². The Morgan fingerprint density at radius 3 is 2.55 bits per heavy atom. The fraction of sp³-hybridized carbons (Fsp3) is 0.400. The van der Waals surface area contributed by atoms with Crippen molar-refractivity contribution in [2.75, 3.05) is 13.1 Å². The molecule has 0 bridgehead atoms. The number of nitrogens with two attached hydrogens (primary N) is 1. The summed E-state index contributed by atoms with van der Waals surface area (Å²) in [5.74, 6) is 6.71. The van der Waals surface area contributed by atoms with E-state index in [9.17, 15) is 13.2 Å². The van der Waals surface area contributed by atoms with Crippen molar-refractivity contribution in [1.82, 2.24) is 4.98 Å². The van der Waals surface area contributed by atoms with Gasteiger partial charge in [-0.2, -0.15) is 14.3 Å². The van der Waals surface area contributed by atoms with E-state index in [-0.39, 0.29) is 10.5 Å². The molecule has 118 valence electrons. The van der Waals surface area contributed by atoms with Gasteiger partial charge in [-0.15, -0.1) is 4.00 Å². The molecule has 7 heteroatoms. The third-order valence-corrected chi connectivity index (χ3v) is 6.77. The monoisotopic (exact) mass is 322 g/mol. The van der Waals surface area contributed by atoms with Crippen LogP contribution in [0.2, 0.25) is 0 Å². The molecule has 0 aliphatic carbocycles. The molecule has 0 atom stereocenters. The number of hydrogen-bond donors (Lipinski definition) is 2. The molecule has 22 heavy (non-hydrogen) atoms. The Labute approximate surface area is 129 Å². The van der Waals surface area contributed by atoms with Gasteiger partial charge in [0, 0.05) is 29.8 Å². The Hall–Kier alpha value is -1.70. The van der Waals surface area contributed by atoms with Gasteiger partial charge in [-0.1, -0.05) is 13.0 Å². The number of piperidine rings is 1. The molecular formula is C15H20N3O3S+. The number of pyridine rings is 1. The van der Waals surface area contributed by atoms with E-state index >= 15 is 0 Å². The number of aromatic amines is 1. The van der Waals surface area contributed by atoms with Crippen LogP contribution in [0.4, 0.5) is 0 Å². The summed E-state index contributed by atoms with van der Waals surface area (Å²) in [6.45, 7) is 2.89. The Kier molecular flexibility index (Phi) is 3.58. The number of nitrogens with one attached hydrogen (secondary N) is 1. The molecule has 0 amide bonds. The quantitative estimate of drug-likeness (QED) is 0.644. The highest BCUT2D eigenvalue weighted by Crippen LogP contribution is 2.30. The van der Waals surface area contributed by atoms with E-state index in [1.807, 2.05) is 0 Å². The molecule has 0 spiro atoms. The highest BCUT2D eigenvalue weighted by Gasteiger charge is 2.43. The topological polar surface area (TPSA) is 93.0 Å². The number of benzene rings is 1. The number of aromatic nitrogens is 1. The number of nitrogens with zero attached hydrogens (tertiary/aromatic N) is 1. The minimum absolute atomic E-state index is 0.133. The van der Waals surface area contributed by atoms with Gasteiger partial charge in [-0.3, -0.25) is 4.79 Å². The Morgan fingerprint density at radius 1 is 1.18 bits per heavy atom. The molecular weight excluding hydrogens is 302 g/mol. The lowest BCUT2D eigenvalue weighted by atomic mass is 10.0. The lowest BCUT2D eigenvalue weighted by Crippen LogP contribution is -2.61. The maximum absolute atomic E-state index is 13.1. The maximum atomic E-state index is 13.1. The van der Waals surface area contributed by atoms with Crippen LogP contribution in [-0.2, 0) is 10.0 Å². The summed E-state index contributed by atoms with van der Waals surface area (Å²) in [6, 6.07) is 6.35. The molecule has 1 aromatic carbocycles. The number of rotatable bonds is 2. The first-order valence-corrected chi connectivity index (χ1v) is 8.80. The van der Waals surface area contributed by atoms with Crippen LogP contribution in [0.25, 0.3) is 10.8 Å². The van der Waals surface area contributed by atoms with Crippen LogP contribution >= 0.6 is 0 Å². The van der Waals surface area contributed by atoms with Crippen molar-refractivity contribution in [1.29, 1.82) is 0 Å². The number of hydrogen-bond acceptors (Lipinski definition) is 4. The number of fused-ring (bicyclic) bond motifs is 1. The summed E-state index contributed by atoms with van der Waals surface area (Å²) in [5, 5.41) is 0.786. The van der Waals surface area contributed by atoms with Crippen molar-refractivity contribution in [3.05, 3.63) is 40.8 Å². The molecule has 1 aliphatic heterocycles. The number of sulfonamides is 1. The molecule has 1 saturated heterocycles. The average Bonchev–Trinajstić information content (AvgIpc) is 2.50. The van der Waals surface area contributed by atoms with E-state index in [4.69, 9.17) is 5.84 Å². The predicted octanol–water partition coefficient (Wildman–Crippen LogP) is 1.34. The van der Waals surface area contributed by atoms with Crippen molar-refractivity contribution in [3.63, 3.8) is 0 Å². The number of quaternary nitrogens is 1. The van der Waals surface area contributed by atoms with Crippen LogP contribution in [0.5, 0.6) is 0 Å². The predicted molar refractivity (Wildman–Crippen MR) is 84.3 cm³/mol. The van der Waals surface area contributed by atoms with Crippen molar-refractivity contribution in [2.45, 2.75) is 24.7 Å². The molecule has 1 fully saturated rings. The maximum Gasteiger partial charge on any atom is 0.345 e. The molecule has 6 nitrogen and oxygen atoms in total. The minimum Gasteiger partial charge on any atom is -0.329 e. The second-order valence-electron chi connectivity index (χ2n) is 6.08. The first-order chi connectivity index (χ1) is 10.3. The number of H-pyrrole nitrogens is 1. The first kappa shape index (κ1) is 15.2. The molecule has 0 radical (unpaired) electrons. The average molecular weight is 322 g/mol. The summed E-state index contributed by atoms with van der Waals surface area (Å²) in [4.78, 5) is 14.6. The second kappa shape index (κ2) is 5.19. The van der Waals surface area contributed by atoms with Gasteiger partial charge in [0.05, 0.1) is 0 Å². The van der Waals surface area contributed by atoms with Gasteiger partial charge in [-0.25, -0.2) is 0 Å². The van der Waals surface area contributed by atoms with Crippen LogP contribution in [0.1, 0.15) is 19.8 Å². The summed E-state index contributed by atoms with van der Waals surface area (Å²) in [7, 11) is -3.77. The molecule has 2 aromatic rings. The third kappa shape index (κ3) is 2.25.